The van der Waals surface area contributed by atoms with Gasteiger partial charge in [-0.1, -0.05) is 0 Å². The number of carbonyl (C=O) groups is 2. The van der Waals surface area contributed by atoms with Gasteiger partial charge in [0.1, 0.15) is 0 Å². The first kappa shape index (κ1) is 16.1. The summed E-state index contributed by atoms with van der Waals surface area (Å²) in [6, 6.07) is -0.314. The monoisotopic (exact) mass is 348 g/mol. The van der Waals surface area contributed by atoms with Crippen LogP contribution in [0.2, 0.25) is 0 Å². The zero-order chi connectivity index (χ0) is 17.3. The van der Waals surface area contributed by atoms with Crippen molar-refractivity contribution >= 4 is 11.8 Å². The predicted molar refractivity (Wildman–Crippen MR) is 89.3 cm³/mol. The minimum Gasteiger partial charge on any atom is -0.389 e. The Morgan fingerprint density at radius 3 is 2.48 bits per heavy atom. The van der Waals surface area contributed by atoms with Crippen LogP contribution in [0.15, 0.2) is 0 Å². The van der Waals surface area contributed by atoms with Crippen LogP contribution in [0, 0.1) is 35.5 Å². The van der Waals surface area contributed by atoms with E-state index in [9.17, 15) is 14.7 Å². The van der Waals surface area contributed by atoms with Crippen LogP contribution in [-0.2, 0) is 14.3 Å². The Labute approximate surface area is 148 Å². The second-order valence-corrected chi connectivity index (χ2v) is 8.96. The smallest absolute Gasteiger partial charge is 0.225 e. The third kappa shape index (κ3) is 2.44. The number of rotatable bonds is 4. The van der Waals surface area contributed by atoms with E-state index in [1.54, 1.807) is 12.0 Å². The maximum atomic E-state index is 12.7. The number of β-amino-alcohol motifs (C(OH)–C–C–N with tert-alkyl or cyclic N) is 1. The van der Waals surface area contributed by atoms with E-state index >= 15 is 0 Å². The van der Waals surface area contributed by atoms with Crippen molar-refractivity contribution in [3.8, 4) is 0 Å². The van der Waals surface area contributed by atoms with E-state index in [1.807, 2.05) is 0 Å². The van der Waals surface area contributed by atoms with Gasteiger partial charge in [0.15, 0.2) is 0 Å². The SMILES string of the molecule is COC1CCC(C(=O)N2C[C@@H](O)[C@@H](NC(=O)C3C4CC5C(C4)C53)C2)C1. The first-order chi connectivity index (χ1) is 12.1. The van der Waals surface area contributed by atoms with E-state index < -0.39 is 6.10 Å². The van der Waals surface area contributed by atoms with Crippen LogP contribution < -0.4 is 5.32 Å². The van der Waals surface area contributed by atoms with Crippen LogP contribution in [-0.4, -0.2) is 60.3 Å². The van der Waals surface area contributed by atoms with Crippen molar-refractivity contribution in [2.75, 3.05) is 20.2 Å². The largest absolute Gasteiger partial charge is 0.389 e. The van der Waals surface area contributed by atoms with Crippen LogP contribution >= 0.6 is 0 Å². The lowest BCUT2D eigenvalue weighted by Crippen LogP contribution is -2.46. The quantitative estimate of drug-likeness (QED) is 0.770. The molecule has 0 aromatic heterocycles. The molecule has 6 heteroatoms. The summed E-state index contributed by atoms with van der Waals surface area (Å²) in [4.78, 5) is 27.1. The second kappa shape index (κ2) is 5.68. The number of hydrogen-bond donors (Lipinski definition) is 2. The number of ether oxygens (including phenoxy) is 1. The molecule has 1 saturated heterocycles. The molecule has 7 atom stereocenters. The van der Waals surface area contributed by atoms with E-state index in [0.717, 1.165) is 31.1 Å². The number of aliphatic hydroxyl groups is 1. The van der Waals surface area contributed by atoms with Crippen molar-refractivity contribution < 1.29 is 19.4 Å². The molecular weight excluding hydrogens is 320 g/mol. The number of amides is 2. The van der Waals surface area contributed by atoms with Crippen LogP contribution in [0.4, 0.5) is 0 Å². The summed E-state index contributed by atoms with van der Waals surface area (Å²) < 4.78 is 5.36. The molecule has 0 aromatic rings. The third-order valence-electron chi connectivity index (χ3n) is 7.77. The third-order valence-corrected chi connectivity index (χ3v) is 7.77. The Kier molecular flexibility index (Phi) is 3.65. The predicted octanol–water partition coefficient (Wildman–Crippen LogP) is 0.391. The molecule has 1 aliphatic heterocycles. The van der Waals surface area contributed by atoms with Gasteiger partial charge < -0.3 is 20.1 Å². The number of likely N-dealkylation sites (tertiary alicyclic amines) is 1. The maximum Gasteiger partial charge on any atom is 0.225 e. The summed E-state index contributed by atoms with van der Waals surface area (Å²) in [5.74, 6) is 3.21. The molecule has 4 bridgehead atoms. The minimum absolute atomic E-state index is 0.000813. The van der Waals surface area contributed by atoms with Gasteiger partial charge in [0.05, 0.1) is 18.2 Å². The van der Waals surface area contributed by atoms with Gasteiger partial charge in [-0.2, -0.15) is 0 Å². The molecule has 25 heavy (non-hydrogen) atoms. The molecular formula is C19H28N2O4. The summed E-state index contributed by atoms with van der Waals surface area (Å²) in [7, 11) is 1.70. The van der Waals surface area contributed by atoms with Crippen molar-refractivity contribution in [1.29, 1.82) is 0 Å². The first-order valence-electron chi connectivity index (χ1n) is 9.86. The summed E-state index contributed by atoms with van der Waals surface area (Å²) >= 11 is 0. The molecule has 0 spiro atoms. The van der Waals surface area contributed by atoms with Crippen LogP contribution in [0.3, 0.4) is 0 Å². The molecule has 6 nitrogen and oxygen atoms in total. The molecule has 0 aromatic carbocycles. The normalized spacial score (nSPS) is 49.7. The Hall–Kier alpha value is -1.14. The molecule has 2 N–H and O–H groups in total. The lowest BCUT2D eigenvalue weighted by atomic mass is 9.97. The first-order valence-corrected chi connectivity index (χ1v) is 9.86. The fourth-order valence-electron chi connectivity index (χ4n) is 6.49. The fourth-order valence-corrected chi connectivity index (χ4v) is 6.49. The van der Waals surface area contributed by atoms with Gasteiger partial charge in [0, 0.05) is 32.0 Å². The highest BCUT2D eigenvalue weighted by Crippen LogP contribution is 2.73. The number of nitrogens with one attached hydrogen (secondary N) is 1. The maximum absolute atomic E-state index is 12.7. The minimum atomic E-state index is -0.654. The average molecular weight is 348 g/mol. The Morgan fingerprint density at radius 1 is 1.12 bits per heavy atom. The van der Waals surface area contributed by atoms with Gasteiger partial charge in [-0.15, -0.1) is 0 Å². The average Bonchev–Trinajstić information content (AvgIpc) is 3.22. The van der Waals surface area contributed by atoms with Crippen LogP contribution in [0.1, 0.15) is 32.1 Å². The molecule has 6 rings (SSSR count). The zero-order valence-electron chi connectivity index (χ0n) is 14.8. The van der Waals surface area contributed by atoms with Crippen molar-refractivity contribution in [3.63, 3.8) is 0 Å². The van der Waals surface area contributed by atoms with Gasteiger partial charge >= 0.3 is 0 Å². The van der Waals surface area contributed by atoms with Gasteiger partial charge in [-0.25, -0.2) is 0 Å². The van der Waals surface area contributed by atoms with Crippen molar-refractivity contribution in [1.82, 2.24) is 10.2 Å². The molecule has 6 fully saturated rings. The molecule has 5 unspecified atom stereocenters. The van der Waals surface area contributed by atoms with Crippen molar-refractivity contribution in [3.05, 3.63) is 0 Å². The summed E-state index contributed by atoms with van der Waals surface area (Å²) in [6.45, 7) is 0.773. The summed E-state index contributed by atoms with van der Waals surface area (Å²) in [5, 5.41) is 13.4. The number of nitrogens with zero attached hydrogens (tertiary/aromatic N) is 1. The van der Waals surface area contributed by atoms with E-state index in [1.165, 1.54) is 12.8 Å². The van der Waals surface area contributed by atoms with Gasteiger partial charge in [0.25, 0.3) is 0 Å². The second-order valence-electron chi connectivity index (χ2n) is 8.96. The molecule has 6 aliphatic rings. The van der Waals surface area contributed by atoms with Gasteiger partial charge in [0.2, 0.25) is 11.8 Å². The van der Waals surface area contributed by atoms with Gasteiger partial charge in [-0.05, 0) is 55.8 Å². The molecule has 2 amide bonds. The fraction of sp³-hybridized carbons (Fsp3) is 0.895. The van der Waals surface area contributed by atoms with E-state index in [0.29, 0.717) is 24.9 Å². The summed E-state index contributed by atoms with van der Waals surface area (Å²) in [5.41, 5.74) is 0. The number of methoxy groups -OCH3 is 1. The lowest BCUT2D eigenvalue weighted by Gasteiger charge is -2.22. The molecule has 5 aliphatic carbocycles. The highest BCUT2D eigenvalue weighted by molar-refractivity contribution is 5.82. The van der Waals surface area contributed by atoms with E-state index in [2.05, 4.69) is 5.32 Å². The topological polar surface area (TPSA) is 78.9 Å². The Bertz CT molecular complexity index is 582. The molecule has 0 radical (unpaired) electrons. The number of hydrogen-bond acceptors (Lipinski definition) is 4. The molecule has 5 saturated carbocycles. The lowest BCUT2D eigenvalue weighted by molar-refractivity contribution is -0.135. The van der Waals surface area contributed by atoms with Crippen LogP contribution in [0.25, 0.3) is 0 Å². The van der Waals surface area contributed by atoms with E-state index in [-0.39, 0.29) is 35.8 Å². The van der Waals surface area contributed by atoms with Crippen LogP contribution in [0.5, 0.6) is 0 Å². The van der Waals surface area contributed by atoms with E-state index in [4.69, 9.17) is 4.74 Å². The van der Waals surface area contributed by atoms with Gasteiger partial charge in [-0.3, -0.25) is 9.59 Å². The number of carbonyl (C=O) groups excluding carboxylic acids is 2. The van der Waals surface area contributed by atoms with Crippen molar-refractivity contribution in [2.24, 2.45) is 35.5 Å². The van der Waals surface area contributed by atoms with Crippen molar-refractivity contribution in [2.45, 2.75) is 50.4 Å². The highest BCUT2D eigenvalue weighted by atomic mass is 16.5. The standard InChI is InChI=1S/C19H28N2O4/c1-25-11-3-2-9(4-11)19(24)21-7-14(15(22)8-21)20-18(23)16-10-5-12-13(6-10)17(12)16/h9-17,22H,2-8H2,1H3,(H,20,23)/t9?,10?,11?,12?,13?,14-,15+,16?,17?/m0/s1. The number of aliphatic hydroxyl groups excluding tert-OH is 1. The zero-order valence-corrected chi connectivity index (χ0v) is 14.8. The molecule has 138 valence electrons. The Morgan fingerprint density at radius 2 is 1.88 bits per heavy atom. The summed E-state index contributed by atoms with van der Waals surface area (Å²) in [6.07, 6.45) is 4.54. The molecule has 1 heterocycles. The Balaban J connectivity index is 1.17. The highest BCUT2D eigenvalue weighted by Gasteiger charge is 2.70.